The molecule has 0 aliphatic carbocycles. The van der Waals surface area contributed by atoms with E-state index in [9.17, 15) is 0 Å². The van der Waals surface area contributed by atoms with Crippen LogP contribution in [0.15, 0.2) is 30.3 Å². The molecule has 0 spiro atoms. The summed E-state index contributed by atoms with van der Waals surface area (Å²) in [6.45, 7) is 5.50. The Morgan fingerprint density at radius 3 is 1.06 bits per heavy atom. The first-order valence-electron chi connectivity index (χ1n) is 5.56. The topological polar surface area (TPSA) is 42.3 Å². The van der Waals surface area contributed by atoms with Crippen LogP contribution >= 0.6 is 0 Å². The summed E-state index contributed by atoms with van der Waals surface area (Å²) in [5.41, 5.74) is 0. The van der Waals surface area contributed by atoms with Crippen molar-refractivity contribution in [3.8, 4) is 0 Å². The van der Waals surface area contributed by atoms with E-state index in [0.29, 0.717) is 0 Å². The smallest absolute Gasteiger partial charge is 0 e. The van der Waals surface area contributed by atoms with Gasteiger partial charge in [0.25, 0.3) is 0 Å². The molecule has 0 bridgehead atoms. The maximum Gasteiger partial charge on any atom is 0 e. The molecular formula is C14H30HfN3-5. The Bertz CT molecular complexity index is 108. The first-order valence-corrected chi connectivity index (χ1v) is 5.56. The average Bonchev–Trinajstić information content (AvgIpc) is 2.79. The summed E-state index contributed by atoms with van der Waals surface area (Å²) in [4.78, 5) is 0. The van der Waals surface area contributed by atoms with Gasteiger partial charge in [-0.2, -0.15) is 66.9 Å². The average molecular weight is 419 g/mol. The van der Waals surface area contributed by atoms with Gasteiger partial charge in [-0.1, -0.05) is 6.92 Å². The van der Waals surface area contributed by atoms with Crippen LogP contribution in [0.25, 0.3) is 16.0 Å². The fourth-order valence-corrected chi connectivity index (χ4v) is 0.321. The molecule has 3 nitrogen and oxygen atoms in total. The van der Waals surface area contributed by atoms with E-state index < -0.39 is 0 Å². The summed E-state index contributed by atoms with van der Waals surface area (Å²) in [6, 6.07) is 10.0. The van der Waals surface area contributed by atoms with E-state index in [2.05, 4.69) is 22.9 Å². The fourth-order valence-electron chi connectivity index (χ4n) is 0.321. The van der Waals surface area contributed by atoms with Crippen LogP contribution < -0.4 is 0 Å². The summed E-state index contributed by atoms with van der Waals surface area (Å²) in [5.74, 6) is 0. The Labute approximate surface area is 134 Å². The first kappa shape index (κ1) is 30.8. The number of hydrogen-bond donors (Lipinski definition) is 0. The van der Waals surface area contributed by atoms with Crippen molar-refractivity contribution in [2.75, 3.05) is 42.3 Å². The van der Waals surface area contributed by atoms with Gasteiger partial charge < -0.3 is 22.9 Å². The normalized spacial score (nSPS) is 6.22. The molecule has 0 aromatic heterocycles. The Balaban J connectivity index is -0.0000000398. The molecule has 110 valence electrons. The Morgan fingerprint density at radius 1 is 0.833 bits per heavy atom. The molecule has 1 aromatic carbocycles. The maximum atomic E-state index is 3.50. The third-order valence-electron chi connectivity index (χ3n) is 0.556. The molecule has 0 saturated carbocycles. The SMILES string of the molecule is C[N-]C.C[N-]C.C[N-]C.[CH2-]CC.[Hf].c1cc[cH-]c1. The molecule has 0 aliphatic rings. The van der Waals surface area contributed by atoms with E-state index >= 15 is 0 Å². The largest absolute Gasteiger partial charge is 0.668 e. The summed E-state index contributed by atoms with van der Waals surface area (Å²) in [5, 5.41) is 10.5. The fraction of sp³-hybridized carbons (Fsp3) is 0.571. The second kappa shape index (κ2) is 53.5. The van der Waals surface area contributed by atoms with Crippen LogP contribution in [0.2, 0.25) is 0 Å². The zero-order valence-corrected chi connectivity index (χ0v) is 16.7. The van der Waals surface area contributed by atoms with Gasteiger partial charge in [0.2, 0.25) is 0 Å². The van der Waals surface area contributed by atoms with Crippen LogP contribution in [-0.2, 0) is 25.8 Å². The van der Waals surface area contributed by atoms with Crippen molar-refractivity contribution in [3.05, 3.63) is 53.2 Å². The van der Waals surface area contributed by atoms with Crippen molar-refractivity contribution >= 4 is 0 Å². The van der Waals surface area contributed by atoms with E-state index in [1.807, 2.05) is 37.3 Å². The van der Waals surface area contributed by atoms with Crippen LogP contribution in [0.5, 0.6) is 0 Å². The molecule has 4 heteroatoms. The molecule has 0 radical (unpaired) electrons. The van der Waals surface area contributed by atoms with Gasteiger partial charge in [0.15, 0.2) is 0 Å². The van der Waals surface area contributed by atoms with Crippen LogP contribution in [0.3, 0.4) is 0 Å². The van der Waals surface area contributed by atoms with Crippen LogP contribution in [0.1, 0.15) is 13.3 Å². The van der Waals surface area contributed by atoms with Gasteiger partial charge >= 0.3 is 0 Å². The molecule has 0 heterocycles. The van der Waals surface area contributed by atoms with Crippen LogP contribution in [-0.4, -0.2) is 42.3 Å². The maximum absolute atomic E-state index is 3.50. The van der Waals surface area contributed by atoms with Gasteiger partial charge in [-0.3, -0.25) is 0 Å². The third-order valence-corrected chi connectivity index (χ3v) is 0.556. The van der Waals surface area contributed by atoms with Crippen molar-refractivity contribution in [2.24, 2.45) is 0 Å². The summed E-state index contributed by atoms with van der Waals surface area (Å²) in [7, 11) is 10.5. The van der Waals surface area contributed by atoms with Crippen LogP contribution in [0.4, 0.5) is 0 Å². The summed E-state index contributed by atoms with van der Waals surface area (Å²) < 4.78 is 0. The molecule has 0 atom stereocenters. The minimum Gasteiger partial charge on any atom is -0.668 e. The zero-order chi connectivity index (χ0) is 14.4. The van der Waals surface area contributed by atoms with Gasteiger partial charge in [-0.15, -0.1) is 0 Å². The second-order valence-electron chi connectivity index (χ2n) is 2.80. The van der Waals surface area contributed by atoms with Gasteiger partial charge in [0.05, 0.1) is 0 Å². The van der Waals surface area contributed by atoms with Crippen molar-refractivity contribution in [3.63, 3.8) is 0 Å². The Morgan fingerprint density at radius 2 is 1.00 bits per heavy atom. The molecule has 0 fully saturated rings. The molecule has 0 N–H and O–H groups in total. The van der Waals surface area contributed by atoms with Crippen molar-refractivity contribution in [1.82, 2.24) is 0 Å². The number of nitrogens with zero attached hydrogens (tertiary/aromatic N) is 3. The molecule has 1 aromatic rings. The molecular weight excluding hydrogens is 389 g/mol. The van der Waals surface area contributed by atoms with E-state index in [1.54, 1.807) is 42.3 Å². The molecule has 18 heavy (non-hydrogen) atoms. The van der Waals surface area contributed by atoms with Crippen molar-refractivity contribution < 1.29 is 25.8 Å². The number of hydrogen-bond acceptors (Lipinski definition) is 0. The van der Waals surface area contributed by atoms with Gasteiger partial charge in [0.1, 0.15) is 0 Å². The van der Waals surface area contributed by atoms with E-state index in [1.165, 1.54) is 0 Å². The Hall–Kier alpha value is 0.100. The molecule has 0 aliphatic heterocycles. The first-order chi connectivity index (χ1) is 8.16. The number of rotatable bonds is 0. The van der Waals surface area contributed by atoms with Gasteiger partial charge in [0, 0.05) is 25.8 Å². The zero-order valence-electron chi connectivity index (χ0n) is 13.1. The third kappa shape index (κ3) is 141. The molecule has 0 unspecified atom stereocenters. The Kier molecular flexibility index (Phi) is 91.7. The van der Waals surface area contributed by atoms with Crippen molar-refractivity contribution in [2.45, 2.75) is 13.3 Å². The van der Waals surface area contributed by atoms with Gasteiger partial charge in [-0.25, -0.2) is 12.1 Å². The minimum atomic E-state index is 0. The van der Waals surface area contributed by atoms with E-state index in [-0.39, 0.29) is 25.8 Å². The minimum absolute atomic E-state index is 0. The summed E-state index contributed by atoms with van der Waals surface area (Å²) in [6.07, 6.45) is 1.00. The van der Waals surface area contributed by atoms with E-state index in [0.717, 1.165) is 6.42 Å². The predicted octanol–water partition coefficient (Wildman–Crippen LogP) is 4.49. The molecule has 0 saturated heterocycles. The van der Waals surface area contributed by atoms with E-state index in [4.69, 9.17) is 0 Å². The monoisotopic (exact) mass is 420 g/mol. The quantitative estimate of drug-likeness (QED) is 0.440. The van der Waals surface area contributed by atoms with Gasteiger partial charge in [-0.05, 0) is 0 Å². The standard InChI is InChI=1S/C5H5.C3H7.3C2H6N.Hf/c1-2-4-5-3-1;4*1-3-2;/h1-5H;1,3H2,2H3;3*1-2H3;/q5*-1;. The molecule has 0 amide bonds. The second-order valence-corrected chi connectivity index (χ2v) is 2.80. The summed E-state index contributed by atoms with van der Waals surface area (Å²) >= 11 is 0. The van der Waals surface area contributed by atoms with Crippen LogP contribution in [0, 0.1) is 6.92 Å². The predicted molar refractivity (Wildman–Crippen MR) is 83.3 cm³/mol. The molecule has 1 rings (SSSR count). The van der Waals surface area contributed by atoms with Crippen molar-refractivity contribution in [1.29, 1.82) is 0 Å².